The molecule has 0 amide bonds. The van der Waals surface area contributed by atoms with Gasteiger partial charge in [0.2, 0.25) is 0 Å². The van der Waals surface area contributed by atoms with Crippen molar-refractivity contribution in [2.24, 2.45) is 17.9 Å². The highest BCUT2D eigenvalue weighted by Gasteiger charge is 2.18. The number of aryl methyl sites for hydroxylation is 2. The third-order valence-corrected chi connectivity index (χ3v) is 3.45. The highest BCUT2D eigenvalue weighted by molar-refractivity contribution is 7.99. The topological polar surface area (TPSA) is 117 Å². The van der Waals surface area contributed by atoms with Crippen molar-refractivity contribution in [1.29, 1.82) is 0 Å². The summed E-state index contributed by atoms with van der Waals surface area (Å²) in [6.07, 6.45) is -0.810. The number of aliphatic hydroxyl groups is 2. The highest BCUT2D eigenvalue weighted by Crippen LogP contribution is 2.25. The van der Waals surface area contributed by atoms with E-state index in [4.69, 9.17) is 16.0 Å². The number of aromatic nitrogens is 2. The molecule has 1 heterocycles. The second-order valence-electron chi connectivity index (χ2n) is 3.52. The molecular formula is C9H16N4O3S. The lowest BCUT2D eigenvalue weighted by atomic mass is 10.2. The maximum atomic E-state index is 9.29. The molecule has 0 radical (unpaired) electrons. The molecule has 0 aromatic carbocycles. The summed E-state index contributed by atoms with van der Waals surface area (Å²) in [5.41, 5.74) is 6.76. The van der Waals surface area contributed by atoms with Gasteiger partial charge in [-0.3, -0.25) is 4.68 Å². The standard InChI is InChI=1S/C9H16N4O3S/c1-5-7(8(10)12-16)9(13(2)11-5)17-4-6(15)3-14/h6,14-16H,3-4H2,1-2H3,(H2,10,12). The maximum Gasteiger partial charge on any atom is 0.174 e. The van der Waals surface area contributed by atoms with E-state index in [1.807, 2.05) is 0 Å². The molecular weight excluding hydrogens is 244 g/mol. The van der Waals surface area contributed by atoms with E-state index >= 15 is 0 Å². The van der Waals surface area contributed by atoms with Gasteiger partial charge in [0.1, 0.15) is 5.03 Å². The zero-order chi connectivity index (χ0) is 13.0. The first-order chi connectivity index (χ1) is 8.01. The smallest absolute Gasteiger partial charge is 0.174 e. The van der Waals surface area contributed by atoms with Gasteiger partial charge in [-0.2, -0.15) is 5.10 Å². The van der Waals surface area contributed by atoms with E-state index < -0.39 is 6.10 Å². The van der Waals surface area contributed by atoms with Crippen LogP contribution in [0.3, 0.4) is 0 Å². The Balaban J connectivity index is 2.98. The molecule has 0 aliphatic carbocycles. The van der Waals surface area contributed by atoms with Crippen molar-refractivity contribution in [3.05, 3.63) is 11.3 Å². The number of oxime groups is 1. The highest BCUT2D eigenvalue weighted by atomic mass is 32.2. The van der Waals surface area contributed by atoms with Crippen LogP contribution in [0.2, 0.25) is 0 Å². The normalized spacial score (nSPS) is 14.0. The minimum absolute atomic E-state index is 0.0170. The molecule has 7 nitrogen and oxygen atoms in total. The van der Waals surface area contributed by atoms with Crippen LogP contribution in [0, 0.1) is 6.92 Å². The summed E-state index contributed by atoms with van der Waals surface area (Å²) in [6.45, 7) is 1.45. The van der Waals surface area contributed by atoms with Crippen LogP contribution >= 0.6 is 11.8 Å². The SMILES string of the molecule is Cc1nn(C)c(SCC(O)CO)c1C(N)=NO. The van der Waals surface area contributed by atoms with Gasteiger partial charge >= 0.3 is 0 Å². The van der Waals surface area contributed by atoms with E-state index in [1.165, 1.54) is 11.8 Å². The fraction of sp³-hybridized carbons (Fsp3) is 0.556. The fourth-order valence-electron chi connectivity index (χ4n) is 1.38. The van der Waals surface area contributed by atoms with Crippen molar-refractivity contribution in [3.63, 3.8) is 0 Å². The summed E-state index contributed by atoms with van der Waals surface area (Å²) in [4.78, 5) is 0. The number of amidine groups is 1. The third-order valence-electron chi connectivity index (χ3n) is 2.16. The van der Waals surface area contributed by atoms with Crippen LogP contribution in [-0.2, 0) is 7.05 Å². The maximum absolute atomic E-state index is 9.29. The number of nitrogens with two attached hydrogens (primary N) is 1. The second-order valence-corrected chi connectivity index (χ2v) is 4.53. The third kappa shape index (κ3) is 3.11. The Hall–Kier alpha value is -1.25. The van der Waals surface area contributed by atoms with Gasteiger partial charge in [0, 0.05) is 12.8 Å². The molecule has 1 rings (SSSR count). The van der Waals surface area contributed by atoms with Gasteiger partial charge in [0.15, 0.2) is 5.84 Å². The Morgan fingerprint density at radius 3 is 2.82 bits per heavy atom. The molecule has 1 unspecified atom stereocenters. The van der Waals surface area contributed by atoms with Crippen molar-refractivity contribution in [3.8, 4) is 0 Å². The van der Waals surface area contributed by atoms with Crippen LogP contribution in [0.4, 0.5) is 0 Å². The van der Waals surface area contributed by atoms with E-state index in [-0.39, 0.29) is 12.4 Å². The monoisotopic (exact) mass is 260 g/mol. The van der Waals surface area contributed by atoms with Gasteiger partial charge in [-0.1, -0.05) is 5.16 Å². The average molecular weight is 260 g/mol. The van der Waals surface area contributed by atoms with Crippen LogP contribution in [0.25, 0.3) is 0 Å². The largest absolute Gasteiger partial charge is 0.409 e. The fourth-order valence-corrected chi connectivity index (χ4v) is 2.46. The van der Waals surface area contributed by atoms with Crippen molar-refractivity contribution in [2.75, 3.05) is 12.4 Å². The van der Waals surface area contributed by atoms with Crippen LogP contribution in [0.5, 0.6) is 0 Å². The predicted molar refractivity (Wildman–Crippen MR) is 64.3 cm³/mol. The molecule has 0 saturated carbocycles. The number of hydrogen-bond acceptors (Lipinski definition) is 6. The Labute approximate surface area is 103 Å². The molecule has 0 bridgehead atoms. The first kappa shape index (κ1) is 13.8. The lowest BCUT2D eigenvalue weighted by molar-refractivity contribution is 0.113. The van der Waals surface area contributed by atoms with Crippen molar-refractivity contribution in [2.45, 2.75) is 18.1 Å². The first-order valence-electron chi connectivity index (χ1n) is 4.94. The van der Waals surface area contributed by atoms with Crippen LogP contribution in [0.15, 0.2) is 10.2 Å². The molecule has 5 N–H and O–H groups in total. The molecule has 0 spiro atoms. The summed E-state index contributed by atoms with van der Waals surface area (Å²) in [6, 6.07) is 0. The van der Waals surface area contributed by atoms with Gasteiger partial charge in [0.05, 0.1) is 24.0 Å². The lowest BCUT2D eigenvalue weighted by Gasteiger charge is -2.08. The summed E-state index contributed by atoms with van der Waals surface area (Å²) in [5, 5.41) is 34.5. The van der Waals surface area contributed by atoms with Gasteiger partial charge in [-0.25, -0.2) is 0 Å². The molecule has 0 fully saturated rings. The number of nitrogens with zero attached hydrogens (tertiary/aromatic N) is 3. The molecule has 1 atom stereocenters. The number of hydrogen-bond donors (Lipinski definition) is 4. The summed E-state index contributed by atoms with van der Waals surface area (Å²) < 4.78 is 1.59. The van der Waals surface area contributed by atoms with Gasteiger partial charge < -0.3 is 21.2 Å². The van der Waals surface area contributed by atoms with Gasteiger partial charge in [0.25, 0.3) is 0 Å². The lowest BCUT2D eigenvalue weighted by Crippen LogP contribution is -2.17. The van der Waals surface area contributed by atoms with Crippen molar-refractivity contribution < 1.29 is 15.4 Å². The summed E-state index contributed by atoms with van der Waals surface area (Å²) in [7, 11) is 1.73. The van der Waals surface area contributed by atoms with E-state index in [0.29, 0.717) is 22.0 Å². The zero-order valence-corrected chi connectivity index (χ0v) is 10.5. The Morgan fingerprint density at radius 1 is 1.65 bits per heavy atom. The zero-order valence-electron chi connectivity index (χ0n) is 9.66. The quantitative estimate of drug-likeness (QED) is 0.182. The molecule has 0 aliphatic heterocycles. The molecule has 1 aromatic rings. The Morgan fingerprint density at radius 2 is 2.29 bits per heavy atom. The molecule has 0 saturated heterocycles. The Kier molecular flexibility index (Phi) is 4.79. The van der Waals surface area contributed by atoms with Crippen LogP contribution < -0.4 is 5.73 Å². The van der Waals surface area contributed by atoms with Crippen LogP contribution in [-0.4, -0.2) is 49.5 Å². The second kappa shape index (κ2) is 5.89. The molecule has 1 aromatic heterocycles. The summed E-state index contributed by atoms with van der Waals surface area (Å²) >= 11 is 1.29. The van der Waals surface area contributed by atoms with Gasteiger partial charge in [-0.15, -0.1) is 11.8 Å². The molecule has 0 aliphatic rings. The van der Waals surface area contributed by atoms with E-state index in [1.54, 1.807) is 18.7 Å². The van der Waals surface area contributed by atoms with Gasteiger partial charge in [-0.05, 0) is 6.92 Å². The minimum atomic E-state index is -0.810. The Bertz CT molecular complexity index is 419. The van der Waals surface area contributed by atoms with Crippen molar-refractivity contribution in [1.82, 2.24) is 9.78 Å². The average Bonchev–Trinajstić information content (AvgIpc) is 2.59. The van der Waals surface area contributed by atoms with Crippen molar-refractivity contribution >= 4 is 17.6 Å². The molecule has 96 valence electrons. The predicted octanol–water partition coefficient (Wildman–Crippen LogP) is -0.732. The molecule has 8 heteroatoms. The van der Waals surface area contributed by atoms with E-state index in [0.717, 1.165) is 0 Å². The van der Waals surface area contributed by atoms with E-state index in [2.05, 4.69) is 10.3 Å². The van der Waals surface area contributed by atoms with E-state index in [9.17, 15) is 5.11 Å². The number of rotatable bonds is 5. The number of thioether (sulfide) groups is 1. The number of aliphatic hydroxyl groups excluding tert-OH is 2. The minimum Gasteiger partial charge on any atom is -0.409 e. The summed E-state index contributed by atoms with van der Waals surface area (Å²) in [5.74, 6) is 0.290. The molecule has 17 heavy (non-hydrogen) atoms. The van der Waals surface area contributed by atoms with Crippen LogP contribution in [0.1, 0.15) is 11.3 Å². The first-order valence-corrected chi connectivity index (χ1v) is 5.93.